The molecule has 0 amide bonds. The lowest BCUT2D eigenvalue weighted by atomic mass is 9.92. The Labute approximate surface area is 117 Å². The number of halogens is 3. The van der Waals surface area contributed by atoms with E-state index in [2.05, 4.69) is 9.72 Å². The Hall–Kier alpha value is -2.22. The Morgan fingerprint density at radius 1 is 1.29 bits per heavy atom. The van der Waals surface area contributed by atoms with Gasteiger partial charge >= 0.3 is 12.1 Å². The minimum atomic E-state index is -5.24. The number of nitrogens with one attached hydrogen (secondary N) is 1. The Morgan fingerprint density at radius 3 is 2.48 bits per heavy atom. The van der Waals surface area contributed by atoms with Crippen LogP contribution in [0.3, 0.4) is 0 Å². The third kappa shape index (κ3) is 2.21. The van der Waals surface area contributed by atoms with E-state index in [0.29, 0.717) is 5.52 Å². The number of carbonyl (C=O) groups excluding carboxylic acids is 1. The summed E-state index contributed by atoms with van der Waals surface area (Å²) in [5.74, 6) is -1.52. The van der Waals surface area contributed by atoms with Crippen LogP contribution in [-0.4, -0.2) is 36.5 Å². The predicted octanol–water partition coefficient (Wildman–Crippen LogP) is 2.10. The Kier molecular flexibility index (Phi) is 3.58. The average molecular weight is 303 g/mol. The maximum absolute atomic E-state index is 13.2. The van der Waals surface area contributed by atoms with Gasteiger partial charge in [-0.3, -0.25) is 0 Å². The zero-order valence-corrected chi connectivity index (χ0v) is 11.1. The number of esters is 1. The Balaban J connectivity index is 2.74. The van der Waals surface area contributed by atoms with E-state index in [-0.39, 0.29) is 11.1 Å². The van der Waals surface area contributed by atoms with E-state index >= 15 is 0 Å². The minimum Gasteiger partial charge on any atom is -0.497 e. The monoisotopic (exact) mass is 303 g/mol. The fourth-order valence-electron chi connectivity index (χ4n) is 2.05. The zero-order chi connectivity index (χ0) is 15.8. The van der Waals surface area contributed by atoms with Crippen molar-refractivity contribution in [2.75, 3.05) is 14.2 Å². The zero-order valence-electron chi connectivity index (χ0n) is 11.1. The molecule has 8 heteroatoms. The van der Waals surface area contributed by atoms with Gasteiger partial charge in [-0.05, 0) is 18.2 Å². The van der Waals surface area contributed by atoms with E-state index in [1.54, 1.807) is 0 Å². The van der Waals surface area contributed by atoms with Crippen LogP contribution in [0.2, 0.25) is 0 Å². The van der Waals surface area contributed by atoms with Crippen molar-refractivity contribution >= 4 is 16.9 Å². The van der Waals surface area contributed by atoms with Crippen LogP contribution in [-0.2, 0) is 15.1 Å². The summed E-state index contributed by atoms with van der Waals surface area (Å²) >= 11 is 0. The van der Waals surface area contributed by atoms with Crippen molar-refractivity contribution in [3.8, 4) is 5.75 Å². The molecule has 0 unspecified atom stereocenters. The van der Waals surface area contributed by atoms with E-state index in [9.17, 15) is 23.1 Å². The van der Waals surface area contributed by atoms with Crippen LogP contribution in [0, 0.1) is 0 Å². The first-order valence-corrected chi connectivity index (χ1v) is 5.78. The minimum absolute atomic E-state index is 0.0135. The maximum Gasteiger partial charge on any atom is 0.432 e. The number of aromatic amines is 1. The van der Waals surface area contributed by atoms with Gasteiger partial charge in [-0.15, -0.1) is 0 Å². The molecular formula is C13H12F3NO4. The number of alkyl halides is 3. The molecule has 0 saturated heterocycles. The highest BCUT2D eigenvalue weighted by Gasteiger charge is 2.63. The van der Waals surface area contributed by atoms with E-state index in [1.807, 2.05) is 0 Å². The van der Waals surface area contributed by atoms with Gasteiger partial charge in [0, 0.05) is 22.7 Å². The number of aromatic nitrogens is 1. The van der Waals surface area contributed by atoms with Gasteiger partial charge in [-0.25, -0.2) is 4.79 Å². The Bertz CT molecular complexity index is 680. The van der Waals surface area contributed by atoms with Gasteiger partial charge in [-0.1, -0.05) is 0 Å². The second-order valence-corrected chi connectivity index (χ2v) is 4.31. The third-order valence-corrected chi connectivity index (χ3v) is 3.17. The topological polar surface area (TPSA) is 71.5 Å². The standard InChI is InChI=1S/C13H12F3NO4/c1-20-7-3-4-10-8(5-7)9(6-17-10)12(19,11(18)21-2)13(14,15)16/h3-6,17,19H,1-2H3/t12-/m0/s1. The molecule has 5 nitrogen and oxygen atoms in total. The van der Waals surface area contributed by atoms with Crippen LogP contribution < -0.4 is 4.74 Å². The number of benzene rings is 1. The van der Waals surface area contributed by atoms with Gasteiger partial charge in [0.25, 0.3) is 5.60 Å². The molecule has 114 valence electrons. The summed E-state index contributed by atoms with van der Waals surface area (Å²) in [5, 5.41) is 9.99. The maximum atomic E-state index is 13.2. The second kappa shape index (κ2) is 4.96. The van der Waals surface area contributed by atoms with Gasteiger partial charge in [-0.2, -0.15) is 13.2 Å². The summed E-state index contributed by atoms with van der Waals surface area (Å²) in [6, 6.07) is 4.31. The fraction of sp³-hybridized carbons (Fsp3) is 0.308. The molecule has 0 aliphatic carbocycles. The highest BCUT2D eigenvalue weighted by atomic mass is 19.4. The first-order valence-electron chi connectivity index (χ1n) is 5.78. The molecule has 0 bridgehead atoms. The van der Waals surface area contributed by atoms with Gasteiger partial charge < -0.3 is 19.6 Å². The van der Waals surface area contributed by atoms with Crippen LogP contribution in [0.1, 0.15) is 5.56 Å². The van der Waals surface area contributed by atoms with Crippen molar-refractivity contribution in [3.63, 3.8) is 0 Å². The molecule has 0 aliphatic heterocycles. The molecule has 1 aromatic heterocycles. The van der Waals surface area contributed by atoms with Gasteiger partial charge in [0.2, 0.25) is 0 Å². The number of H-pyrrole nitrogens is 1. The lowest BCUT2D eigenvalue weighted by Gasteiger charge is -2.27. The summed E-state index contributed by atoms with van der Waals surface area (Å²) < 4.78 is 48.7. The molecule has 0 fully saturated rings. The van der Waals surface area contributed by atoms with Crippen LogP contribution in [0.15, 0.2) is 24.4 Å². The number of rotatable bonds is 3. The van der Waals surface area contributed by atoms with E-state index in [4.69, 9.17) is 4.74 Å². The van der Waals surface area contributed by atoms with Crippen LogP contribution in [0.25, 0.3) is 10.9 Å². The molecule has 2 rings (SSSR count). The summed E-state index contributed by atoms with van der Waals surface area (Å²) in [6.07, 6.45) is -4.31. The van der Waals surface area contributed by atoms with Crippen LogP contribution in [0.5, 0.6) is 5.75 Å². The second-order valence-electron chi connectivity index (χ2n) is 4.31. The van der Waals surface area contributed by atoms with Crippen molar-refractivity contribution in [2.24, 2.45) is 0 Å². The number of carbonyl (C=O) groups is 1. The number of hydrogen-bond acceptors (Lipinski definition) is 4. The van der Waals surface area contributed by atoms with E-state index in [0.717, 1.165) is 13.3 Å². The average Bonchev–Trinajstić information content (AvgIpc) is 2.87. The molecule has 0 spiro atoms. The summed E-state index contributed by atoms with van der Waals surface area (Å²) in [4.78, 5) is 14.1. The lowest BCUT2D eigenvalue weighted by molar-refractivity contribution is -0.266. The fourth-order valence-corrected chi connectivity index (χ4v) is 2.05. The normalized spacial score (nSPS) is 14.8. The molecule has 0 aliphatic rings. The van der Waals surface area contributed by atoms with Crippen molar-refractivity contribution in [1.29, 1.82) is 0 Å². The molecule has 0 radical (unpaired) electrons. The van der Waals surface area contributed by atoms with E-state index < -0.39 is 23.3 Å². The van der Waals surface area contributed by atoms with Gasteiger partial charge in [0.1, 0.15) is 5.75 Å². The molecule has 1 aromatic carbocycles. The first kappa shape index (κ1) is 15.2. The van der Waals surface area contributed by atoms with Crippen molar-refractivity contribution < 1.29 is 32.5 Å². The first-order chi connectivity index (χ1) is 9.75. The molecule has 2 aromatic rings. The van der Waals surface area contributed by atoms with Crippen molar-refractivity contribution in [3.05, 3.63) is 30.0 Å². The van der Waals surface area contributed by atoms with Crippen LogP contribution >= 0.6 is 0 Å². The van der Waals surface area contributed by atoms with Crippen molar-refractivity contribution in [2.45, 2.75) is 11.8 Å². The quantitative estimate of drug-likeness (QED) is 0.852. The predicted molar refractivity (Wildman–Crippen MR) is 66.8 cm³/mol. The molecule has 2 N–H and O–H groups in total. The number of fused-ring (bicyclic) bond motifs is 1. The summed E-state index contributed by atoms with van der Waals surface area (Å²) in [5.41, 5.74) is -4.08. The highest BCUT2D eigenvalue weighted by Crippen LogP contribution is 2.43. The third-order valence-electron chi connectivity index (χ3n) is 3.17. The molecule has 21 heavy (non-hydrogen) atoms. The number of ether oxygens (including phenoxy) is 2. The van der Waals surface area contributed by atoms with Gasteiger partial charge in [0.15, 0.2) is 0 Å². The molecule has 0 saturated carbocycles. The summed E-state index contributed by atoms with van der Waals surface area (Å²) in [7, 11) is 2.12. The molecule has 1 heterocycles. The van der Waals surface area contributed by atoms with Gasteiger partial charge in [0.05, 0.1) is 14.2 Å². The van der Waals surface area contributed by atoms with E-state index in [1.165, 1.54) is 25.3 Å². The number of hydrogen-bond donors (Lipinski definition) is 2. The van der Waals surface area contributed by atoms with Crippen molar-refractivity contribution in [1.82, 2.24) is 4.98 Å². The number of methoxy groups -OCH3 is 2. The highest BCUT2D eigenvalue weighted by molar-refractivity contribution is 5.92. The smallest absolute Gasteiger partial charge is 0.432 e. The largest absolute Gasteiger partial charge is 0.497 e. The molecule has 1 atom stereocenters. The Morgan fingerprint density at radius 2 is 1.95 bits per heavy atom. The lowest BCUT2D eigenvalue weighted by Crippen LogP contribution is -2.49. The molecular weight excluding hydrogens is 291 g/mol. The number of aliphatic hydroxyl groups is 1. The van der Waals surface area contributed by atoms with Crippen LogP contribution in [0.4, 0.5) is 13.2 Å². The summed E-state index contributed by atoms with van der Waals surface area (Å²) in [6.45, 7) is 0. The SMILES string of the molecule is COC(=O)[C@@](O)(c1c[nH]c2ccc(OC)cc12)C(F)(F)F.